The van der Waals surface area contributed by atoms with Crippen LogP contribution in [0.4, 0.5) is 0 Å². The summed E-state index contributed by atoms with van der Waals surface area (Å²) in [5, 5.41) is 9.97. The summed E-state index contributed by atoms with van der Waals surface area (Å²) in [4.78, 5) is 9.74. The Morgan fingerprint density at radius 1 is 1.50 bits per heavy atom. The van der Waals surface area contributed by atoms with Gasteiger partial charge in [-0.25, -0.2) is 0 Å². The zero-order valence-corrected chi connectivity index (χ0v) is 5.26. The fourth-order valence-electron chi connectivity index (χ4n) is 0.587. The van der Waals surface area contributed by atoms with Crippen LogP contribution >= 0.6 is 0 Å². The molecule has 0 aliphatic carbocycles. The third-order valence-electron chi connectivity index (χ3n) is 1.24. The van der Waals surface area contributed by atoms with Gasteiger partial charge in [-0.3, -0.25) is 10.1 Å². The molecular formula is C5H11NO2. The second kappa shape index (κ2) is 3.41. The molecule has 0 bridgehead atoms. The normalized spacial score (nSPS) is 9.88. The van der Waals surface area contributed by atoms with E-state index in [0.29, 0.717) is 12.8 Å². The Kier molecular flexibility index (Phi) is 3.15. The van der Waals surface area contributed by atoms with Crippen molar-refractivity contribution in [1.29, 1.82) is 0 Å². The van der Waals surface area contributed by atoms with Gasteiger partial charge in [-0.2, -0.15) is 0 Å². The van der Waals surface area contributed by atoms with Gasteiger partial charge in [-0.15, -0.1) is 0 Å². The van der Waals surface area contributed by atoms with Gasteiger partial charge in [-0.05, 0) is 0 Å². The van der Waals surface area contributed by atoms with Crippen molar-refractivity contribution < 1.29 is 4.92 Å². The Hall–Kier alpha value is -0.600. The first-order valence-corrected chi connectivity index (χ1v) is 2.85. The molecule has 0 atom stereocenters. The van der Waals surface area contributed by atoms with Crippen LogP contribution in [0.3, 0.4) is 0 Å². The molecule has 0 aromatic heterocycles. The lowest BCUT2D eigenvalue weighted by atomic mass is 10.2. The van der Waals surface area contributed by atoms with Crippen molar-refractivity contribution in [2.75, 3.05) is 0 Å². The van der Waals surface area contributed by atoms with Crippen molar-refractivity contribution in [3.05, 3.63) is 10.1 Å². The van der Waals surface area contributed by atoms with Crippen LogP contribution in [-0.2, 0) is 0 Å². The van der Waals surface area contributed by atoms with E-state index in [1.54, 1.807) is 0 Å². The Morgan fingerprint density at radius 3 is 1.88 bits per heavy atom. The maximum absolute atomic E-state index is 9.97. The first-order chi connectivity index (χ1) is 3.72. The zero-order valence-electron chi connectivity index (χ0n) is 5.26. The second-order valence-corrected chi connectivity index (χ2v) is 1.76. The van der Waals surface area contributed by atoms with E-state index in [1.807, 2.05) is 13.8 Å². The summed E-state index contributed by atoms with van der Waals surface area (Å²) < 4.78 is 0. The van der Waals surface area contributed by atoms with Crippen LogP contribution in [0.5, 0.6) is 0 Å². The minimum atomic E-state index is -0.324. The van der Waals surface area contributed by atoms with E-state index in [9.17, 15) is 10.1 Å². The third-order valence-corrected chi connectivity index (χ3v) is 1.24. The van der Waals surface area contributed by atoms with Crippen LogP contribution in [0.25, 0.3) is 0 Å². The van der Waals surface area contributed by atoms with Gasteiger partial charge in [0.25, 0.3) is 0 Å². The summed E-state index contributed by atoms with van der Waals surface area (Å²) in [5.41, 5.74) is 0. The van der Waals surface area contributed by atoms with Crippen LogP contribution in [0.2, 0.25) is 0 Å². The molecule has 0 spiro atoms. The van der Waals surface area contributed by atoms with E-state index < -0.39 is 0 Å². The molecule has 0 aromatic carbocycles. The maximum atomic E-state index is 9.97. The first kappa shape index (κ1) is 7.40. The number of hydrogen-bond donors (Lipinski definition) is 0. The standard InChI is InChI=1S/C5H11NO2/c1-3-5(4-2)6(7)8/h5H,3-4H2,1-2H3. The highest BCUT2D eigenvalue weighted by molar-refractivity contribution is 4.47. The van der Waals surface area contributed by atoms with E-state index >= 15 is 0 Å². The van der Waals surface area contributed by atoms with Gasteiger partial charge in [0.15, 0.2) is 0 Å². The van der Waals surface area contributed by atoms with Crippen LogP contribution in [0.1, 0.15) is 26.7 Å². The minimum Gasteiger partial charge on any atom is -0.264 e. The lowest BCUT2D eigenvalue weighted by Gasteiger charge is -1.99. The van der Waals surface area contributed by atoms with Gasteiger partial charge in [-0.1, -0.05) is 13.8 Å². The first-order valence-electron chi connectivity index (χ1n) is 2.85. The van der Waals surface area contributed by atoms with Crippen LogP contribution in [0.15, 0.2) is 0 Å². The topological polar surface area (TPSA) is 43.1 Å². The number of rotatable bonds is 3. The molecule has 0 rings (SSSR count). The molecular weight excluding hydrogens is 106 g/mol. The smallest absolute Gasteiger partial charge is 0.212 e. The molecule has 0 radical (unpaired) electrons. The Morgan fingerprint density at radius 2 is 1.88 bits per heavy atom. The summed E-state index contributed by atoms with van der Waals surface area (Å²) in [6.07, 6.45) is 1.28. The maximum Gasteiger partial charge on any atom is 0.212 e. The van der Waals surface area contributed by atoms with Crippen molar-refractivity contribution in [3.8, 4) is 0 Å². The average molecular weight is 117 g/mol. The quantitative estimate of drug-likeness (QED) is 0.414. The lowest BCUT2D eigenvalue weighted by Crippen LogP contribution is -2.16. The van der Waals surface area contributed by atoms with Gasteiger partial charge >= 0.3 is 0 Å². The summed E-state index contributed by atoms with van der Waals surface area (Å²) in [6, 6.07) is -0.324. The van der Waals surface area contributed by atoms with E-state index in [1.165, 1.54) is 0 Å². The van der Waals surface area contributed by atoms with Gasteiger partial charge in [0.2, 0.25) is 6.04 Å². The van der Waals surface area contributed by atoms with Crippen LogP contribution in [0, 0.1) is 10.1 Å². The highest BCUT2D eigenvalue weighted by Gasteiger charge is 2.12. The molecule has 0 aliphatic heterocycles. The van der Waals surface area contributed by atoms with Crippen molar-refractivity contribution in [2.45, 2.75) is 32.7 Å². The Labute approximate surface area is 48.9 Å². The van der Waals surface area contributed by atoms with Gasteiger partial charge < -0.3 is 0 Å². The summed E-state index contributed by atoms with van der Waals surface area (Å²) >= 11 is 0. The molecule has 0 aromatic rings. The van der Waals surface area contributed by atoms with Crippen molar-refractivity contribution in [2.24, 2.45) is 0 Å². The monoisotopic (exact) mass is 117 g/mol. The van der Waals surface area contributed by atoms with E-state index in [-0.39, 0.29) is 11.0 Å². The third kappa shape index (κ3) is 1.91. The van der Waals surface area contributed by atoms with Crippen molar-refractivity contribution in [1.82, 2.24) is 0 Å². The summed E-state index contributed by atoms with van der Waals surface area (Å²) in [7, 11) is 0. The van der Waals surface area contributed by atoms with Crippen molar-refractivity contribution >= 4 is 0 Å². The molecule has 0 fully saturated rings. The molecule has 48 valence electrons. The predicted octanol–water partition coefficient (Wildman–Crippen LogP) is 1.45. The van der Waals surface area contributed by atoms with E-state index in [4.69, 9.17) is 0 Å². The number of nitro groups is 1. The highest BCUT2D eigenvalue weighted by Crippen LogP contribution is 1.99. The van der Waals surface area contributed by atoms with Crippen molar-refractivity contribution in [3.63, 3.8) is 0 Å². The lowest BCUT2D eigenvalue weighted by molar-refractivity contribution is -0.523. The van der Waals surface area contributed by atoms with Gasteiger partial charge in [0.05, 0.1) is 0 Å². The van der Waals surface area contributed by atoms with Gasteiger partial charge in [0, 0.05) is 17.8 Å². The van der Waals surface area contributed by atoms with Crippen LogP contribution in [-0.4, -0.2) is 11.0 Å². The number of hydrogen-bond acceptors (Lipinski definition) is 2. The average Bonchev–Trinajstić information content (AvgIpc) is 1.69. The summed E-state index contributed by atoms with van der Waals surface area (Å²) in [6.45, 7) is 3.66. The molecule has 0 aliphatic rings. The highest BCUT2D eigenvalue weighted by atomic mass is 16.6. The predicted molar refractivity (Wildman–Crippen MR) is 31.4 cm³/mol. The Balaban J connectivity index is 3.52. The summed E-state index contributed by atoms with van der Waals surface area (Å²) in [5.74, 6) is 0. The van der Waals surface area contributed by atoms with Crippen LogP contribution < -0.4 is 0 Å². The molecule has 3 heteroatoms. The van der Waals surface area contributed by atoms with Gasteiger partial charge in [0.1, 0.15) is 0 Å². The SMILES string of the molecule is CCC(CC)[N+](=O)[O-]. The molecule has 0 unspecified atom stereocenters. The molecule has 0 saturated heterocycles. The largest absolute Gasteiger partial charge is 0.264 e. The molecule has 8 heavy (non-hydrogen) atoms. The fraction of sp³-hybridized carbons (Fsp3) is 1.00. The second-order valence-electron chi connectivity index (χ2n) is 1.76. The molecule has 0 N–H and O–H groups in total. The number of nitrogens with zero attached hydrogens (tertiary/aromatic N) is 1. The van der Waals surface area contributed by atoms with E-state index in [0.717, 1.165) is 0 Å². The molecule has 0 heterocycles. The fourth-order valence-corrected chi connectivity index (χ4v) is 0.587. The minimum absolute atomic E-state index is 0.222. The Bertz CT molecular complexity index is 78.5. The molecule has 0 amide bonds. The molecule has 0 saturated carbocycles. The van der Waals surface area contributed by atoms with E-state index in [2.05, 4.69) is 0 Å². The molecule has 3 nitrogen and oxygen atoms in total. The zero-order chi connectivity index (χ0) is 6.57.